The molecule has 3 aromatic heterocycles. The highest BCUT2D eigenvalue weighted by molar-refractivity contribution is 7.13. The van der Waals surface area contributed by atoms with E-state index in [2.05, 4.69) is 25.3 Å². The number of hydrogen-bond donors (Lipinski definition) is 2. The van der Waals surface area contributed by atoms with Crippen LogP contribution in [-0.4, -0.2) is 31.9 Å². The molecule has 2 N–H and O–H groups in total. The van der Waals surface area contributed by atoms with Crippen LogP contribution in [0, 0.1) is 0 Å². The minimum Gasteiger partial charge on any atom is -0.349 e. The van der Waals surface area contributed by atoms with Crippen LogP contribution in [0.3, 0.4) is 0 Å². The highest BCUT2D eigenvalue weighted by atomic mass is 32.1. The summed E-state index contributed by atoms with van der Waals surface area (Å²) in [5.74, 6) is -0.00275. The third-order valence-electron chi connectivity index (χ3n) is 3.31. The Labute approximate surface area is 141 Å². The van der Waals surface area contributed by atoms with Gasteiger partial charge >= 0.3 is 0 Å². The quantitative estimate of drug-likeness (QED) is 0.735. The third kappa shape index (κ3) is 3.72. The molecular weight excluding hydrogens is 326 g/mol. The molecule has 0 aliphatic heterocycles. The Balaban J connectivity index is 1.70. The summed E-state index contributed by atoms with van der Waals surface area (Å²) in [5, 5.41) is 4.67. The average molecular weight is 341 g/mol. The maximum absolute atomic E-state index is 12.3. The van der Waals surface area contributed by atoms with Crippen LogP contribution in [0.25, 0.3) is 10.7 Å². The fraction of sp³-hybridized carbons (Fsp3) is 0.188. The molecule has 0 radical (unpaired) electrons. The number of carbonyl (C=O) groups is 1. The summed E-state index contributed by atoms with van der Waals surface area (Å²) < 4.78 is 0. The summed E-state index contributed by atoms with van der Waals surface area (Å²) in [5.41, 5.74) is 0.296. The Kier molecular flexibility index (Phi) is 4.76. The molecule has 3 rings (SSSR count). The first kappa shape index (κ1) is 16.0. The van der Waals surface area contributed by atoms with Crippen LogP contribution in [0.1, 0.15) is 23.0 Å². The monoisotopic (exact) mass is 341 g/mol. The van der Waals surface area contributed by atoms with Crippen LogP contribution in [0.4, 0.5) is 0 Å². The highest BCUT2D eigenvalue weighted by Crippen LogP contribution is 2.19. The van der Waals surface area contributed by atoms with Crippen molar-refractivity contribution in [3.63, 3.8) is 0 Å². The number of thiophene rings is 1. The topological polar surface area (TPSA) is 101 Å². The number of aromatic amines is 1. The Morgan fingerprint density at radius 3 is 2.88 bits per heavy atom. The Morgan fingerprint density at radius 1 is 1.33 bits per heavy atom. The minimum atomic E-state index is -0.461. The maximum Gasteiger partial charge on any atom is 0.264 e. The van der Waals surface area contributed by atoms with E-state index >= 15 is 0 Å². The molecule has 0 fully saturated rings. The first-order valence-electron chi connectivity index (χ1n) is 7.32. The Bertz CT molecular complexity index is 877. The fourth-order valence-corrected chi connectivity index (χ4v) is 2.87. The van der Waals surface area contributed by atoms with Crippen LogP contribution in [-0.2, 0) is 6.42 Å². The zero-order valence-electron chi connectivity index (χ0n) is 12.9. The summed E-state index contributed by atoms with van der Waals surface area (Å²) in [6.45, 7) is 1.84. The van der Waals surface area contributed by atoms with E-state index in [-0.39, 0.29) is 11.6 Å². The lowest BCUT2D eigenvalue weighted by Crippen LogP contribution is -2.37. The summed E-state index contributed by atoms with van der Waals surface area (Å²) in [7, 11) is 0. The number of hydrogen-bond acceptors (Lipinski definition) is 6. The van der Waals surface area contributed by atoms with Crippen molar-refractivity contribution in [1.82, 2.24) is 25.3 Å². The van der Waals surface area contributed by atoms with Gasteiger partial charge in [-0.25, -0.2) is 4.98 Å². The van der Waals surface area contributed by atoms with E-state index in [0.717, 1.165) is 10.6 Å². The van der Waals surface area contributed by atoms with Gasteiger partial charge in [0.25, 0.3) is 11.5 Å². The Hall–Kier alpha value is -2.87. The number of H-pyrrole nitrogens is 1. The van der Waals surface area contributed by atoms with Gasteiger partial charge in [0.15, 0.2) is 0 Å². The second kappa shape index (κ2) is 7.14. The van der Waals surface area contributed by atoms with Crippen molar-refractivity contribution < 1.29 is 4.79 Å². The normalized spacial score (nSPS) is 11.9. The van der Waals surface area contributed by atoms with Gasteiger partial charge in [-0.3, -0.25) is 19.6 Å². The fourth-order valence-electron chi connectivity index (χ4n) is 2.20. The number of nitrogens with one attached hydrogen (secondary N) is 2. The first-order chi connectivity index (χ1) is 11.6. The van der Waals surface area contributed by atoms with E-state index in [1.165, 1.54) is 17.5 Å². The van der Waals surface area contributed by atoms with Gasteiger partial charge in [-0.15, -0.1) is 11.3 Å². The highest BCUT2D eigenvalue weighted by Gasteiger charge is 2.15. The SMILES string of the molecule is C[C@H](Cc1cnccn1)NC(=O)c1cnc(-c2cccs2)[nH]c1=O. The lowest BCUT2D eigenvalue weighted by Gasteiger charge is -2.12. The van der Waals surface area contributed by atoms with Crippen LogP contribution in [0.2, 0.25) is 0 Å². The molecule has 0 aliphatic carbocycles. The van der Waals surface area contributed by atoms with Gasteiger partial charge in [0.1, 0.15) is 11.4 Å². The van der Waals surface area contributed by atoms with Crippen molar-refractivity contribution >= 4 is 17.2 Å². The van der Waals surface area contributed by atoms with Crippen molar-refractivity contribution in [2.45, 2.75) is 19.4 Å². The molecule has 0 unspecified atom stereocenters. The molecule has 1 atom stereocenters. The molecule has 122 valence electrons. The van der Waals surface area contributed by atoms with E-state index in [1.807, 2.05) is 24.4 Å². The Morgan fingerprint density at radius 2 is 2.21 bits per heavy atom. The molecule has 0 bridgehead atoms. The number of amides is 1. The molecule has 7 nitrogen and oxygen atoms in total. The second-order valence-corrected chi connectivity index (χ2v) is 6.17. The number of aromatic nitrogens is 4. The summed E-state index contributed by atoms with van der Waals surface area (Å²) in [6, 6.07) is 3.53. The van der Waals surface area contributed by atoms with Crippen molar-refractivity contribution in [2.75, 3.05) is 0 Å². The van der Waals surface area contributed by atoms with Gasteiger partial charge in [0.2, 0.25) is 0 Å². The third-order valence-corrected chi connectivity index (χ3v) is 4.18. The number of carbonyl (C=O) groups excluding carboxylic acids is 1. The molecule has 24 heavy (non-hydrogen) atoms. The van der Waals surface area contributed by atoms with E-state index < -0.39 is 11.5 Å². The van der Waals surface area contributed by atoms with Crippen molar-refractivity contribution in [1.29, 1.82) is 0 Å². The molecule has 3 heterocycles. The molecule has 0 saturated carbocycles. The summed E-state index contributed by atoms with van der Waals surface area (Å²) >= 11 is 1.46. The molecule has 0 aliphatic rings. The maximum atomic E-state index is 12.3. The minimum absolute atomic E-state index is 0.0127. The van der Waals surface area contributed by atoms with Crippen LogP contribution in [0.15, 0.2) is 47.1 Å². The lowest BCUT2D eigenvalue weighted by atomic mass is 10.2. The van der Waals surface area contributed by atoms with E-state index in [9.17, 15) is 9.59 Å². The molecule has 0 saturated heterocycles. The largest absolute Gasteiger partial charge is 0.349 e. The van der Waals surface area contributed by atoms with Gasteiger partial charge in [0.05, 0.1) is 10.6 Å². The predicted octanol–water partition coefficient (Wildman–Crippen LogP) is 1.65. The van der Waals surface area contributed by atoms with Gasteiger partial charge in [-0.2, -0.15) is 0 Å². The van der Waals surface area contributed by atoms with Gasteiger partial charge in [-0.1, -0.05) is 6.07 Å². The predicted molar refractivity (Wildman–Crippen MR) is 90.8 cm³/mol. The standard InChI is InChI=1S/C16H15N5O2S/c1-10(7-11-8-17-4-5-18-11)20-15(22)12-9-19-14(21-16(12)23)13-3-2-6-24-13/h2-6,8-10H,7H2,1H3,(H,20,22)(H,19,21,23)/t10-/m1/s1. The van der Waals surface area contributed by atoms with Crippen LogP contribution < -0.4 is 10.9 Å². The van der Waals surface area contributed by atoms with Crippen molar-refractivity contribution in [3.8, 4) is 10.7 Å². The van der Waals surface area contributed by atoms with Crippen LogP contribution >= 0.6 is 11.3 Å². The number of nitrogens with zero attached hydrogens (tertiary/aromatic N) is 3. The molecule has 8 heteroatoms. The number of rotatable bonds is 5. The smallest absolute Gasteiger partial charge is 0.264 e. The molecule has 3 aromatic rings. The average Bonchev–Trinajstić information content (AvgIpc) is 3.10. The molecular formula is C16H15N5O2S. The lowest BCUT2D eigenvalue weighted by molar-refractivity contribution is 0.0938. The molecule has 1 amide bonds. The van der Waals surface area contributed by atoms with Crippen LogP contribution in [0.5, 0.6) is 0 Å². The molecule has 0 aromatic carbocycles. The van der Waals surface area contributed by atoms with Gasteiger partial charge in [-0.05, 0) is 18.4 Å². The molecule has 0 spiro atoms. The van der Waals surface area contributed by atoms with Crippen molar-refractivity contribution in [2.24, 2.45) is 0 Å². The van der Waals surface area contributed by atoms with Crippen molar-refractivity contribution in [3.05, 3.63) is 63.9 Å². The summed E-state index contributed by atoms with van der Waals surface area (Å²) in [6.07, 6.45) is 6.66. The second-order valence-electron chi connectivity index (χ2n) is 5.23. The van der Waals surface area contributed by atoms with E-state index in [4.69, 9.17) is 0 Å². The zero-order chi connectivity index (χ0) is 16.9. The van der Waals surface area contributed by atoms with Gasteiger partial charge in [0, 0.05) is 37.3 Å². The van der Waals surface area contributed by atoms with E-state index in [0.29, 0.717) is 12.2 Å². The van der Waals surface area contributed by atoms with Gasteiger partial charge < -0.3 is 10.3 Å². The zero-order valence-corrected chi connectivity index (χ0v) is 13.7. The first-order valence-corrected chi connectivity index (χ1v) is 8.20. The van der Waals surface area contributed by atoms with E-state index in [1.54, 1.807) is 18.6 Å². The summed E-state index contributed by atoms with van der Waals surface area (Å²) in [4.78, 5) is 40.2.